The van der Waals surface area contributed by atoms with Crippen LogP contribution >= 0.6 is 11.6 Å². The van der Waals surface area contributed by atoms with Gasteiger partial charge in [-0.05, 0) is 25.0 Å². The monoisotopic (exact) mass is 337 g/mol. The molecule has 0 radical (unpaired) electrons. The number of morpholine rings is 1. The van der Waals surface area contributed by atoms with Gasteiger partial charge in [0.05, 0.1) is 24.7 Å². The lowest BCUT2D eigenvalue weighted by atomic mass is 9.95. The van der Waals surface area contributed by atoms with Crippen molar-refractivity contribution in [2.75, 3.05) is 39.4 Å². The topological polar surface area (TPSA) is 62.7 Å². The van der Waals surface area contributed by atoms with Crippen LogP contribution in [0.3, 0.4) is 0 Å². The molecule has 0 saturated carbocycles. The summed E-state index contributed by atoms with van der Waals surface area (Å²) in [5, 5.41) is 0.362. The minimum absolute atomic E-state index is 0.0892. The van der Waals surface area contributed by atoms with Crippen molar-refractivity contribution >= 4 is 23.4 Å². The van der Waals surface area contributed by atoms with Gasteiger partial charge in [0, 0.05) is 32.4 Å². The van der Waals surface area contributed by atoms with Crippen LogP contribution in [-0.4, -0.2) is 66.0 Å². The van der Waals surface area contributed by atoms with Gasteiger partial charge in [0.2, 0.25) is 5.91 Å². The molecule has 7 heteroatoms. The highest BCUT2D eigenvalue weighted by molar-refractivity contribution is 6.29. The largest absolute Gasteiger partial charge is 0.378 e. The Kier molecular flexibility index (Phi) is 5.13. The predicted molar refractivity (Wildman–Crippen MR) is 85.3 cm³/mol. The summed E-state index contributed by atoms with van der Waals surface area (Å²) >= 11 is 5.76. The second kappa shape index (κ2) is 7.27. The van der Waals surface area contributed by atoms with Crippen molar-refractivity contribution in [2.24, 2.45) is 5.92 Å². The number of rotatable bonds is 2. The standard InChI is InChI=1S/C16H20ClN3O3/c17-14-4-3-12(10-18-14)15(21)20-5-1-2-13(11-20)16(22)19-6-8-23-9-7-19/h3-4,10,13H,1-2,5-9,11H2. The Bertz CT molecular complexity index is 572. The summed E-state index contributed by atoms with van der Waals surface area (Å²) in [6.07, 6.45) is 3.16. The van der Waals surface area contributed by atoms with Crippen LogP contribution in [0.2, 0.25) is 5.15 Å². The van der Waals surface area contributed by atoms with Gasteiger partial charge in [-0.2, -0.15) is 0 Å². The fourth-order valence-electron chi connectivity index (χ4n) is 3.09. The molecule has 3 heterocycles. The van der Waals surface area contributed by atoms with Gasteiger partial charge in [0.25, 0.3) is 5.91 Å². The average Bonchev–Trinajstić information content (AvgIpc) is 2.62. The third kappa shape index (κ3) is 3.82. The number of piperidine rings is 1. The van der Waals surface area contributed by atoms with Crippen molar-refractivity contribution in [1.29, 1.82) is 0 Å². The molecule has 2 fully saturated rings. The average molecular weight is 338 g/mol. The third-order valence-corrected chi connectivity index (χ3v) is 4.58. The number of amides is 2. The molecule has 6 nitrogen and oxygen atoms in total. The highest BCUT2D eigenvalue weighted by Crippen LogP contribution is 2.21. The molecule has 2 amide bonds. The molecular weight excluding hydrogens is 318 g/mol. The first-order chi connectivity index (χ1) is 11.1. The number of hydrogen-bond donors (Lipinski definition) is 0. The van der Waals surface area contributed by atoms with Crippen molar-refractivity contribution < 1.29 is 14.3 Å². The Morgan fingerprint density at radius 3 is 2.65 bits per heavy atom. The van der Waals surface area contributed by atoms with Crippen molar-refractivity contribution in [3.63, 3.8) is 0 Å². The van der Waals surface area contributed by atoms with E-state index in [-0.39, 0.29) is 17.7 Å². The minimum Gasteiger partial charge on any atom is -0.378 e. The van der Waals surface area contributed by atoms with Gasteiger partial charge in [0.15, 0.2) is 0 Å². The van der Waals surface area contributed by atoms with E-state index in [0.717, 1.165) is 12.8 Å². The highest BCUT2D eigenvalue weighted by Gasteiger charge is 2.32. The summed E-state index contributed by atoms with van der Waals surface area (Å²) in [7, 11) is 0. The summed E-state index contributed by atoms with van der Waals surface area (Å²) in [6.45, 7) is 3.62. The molecule has 2 aliphatic heterocycles. The van der Waals surface area contributed by atoms with Crippen molar-refractivity contribution in [1.82, 2.24) is 14.8 Å². The lowest BCUT2D eigenvalue weighted by Gasteiger charge is -2.36. The minimum atomic E-state index is -0.119. The first kappa shape index (κ1) is 16.2. The van der Waals surface area contributed by atoms with Crippen LogP contribution in [0, 0.1) is 5.92 Å². The Hall–Kier alpha value is -1.66. The van der Waals surface area contributed by atoms with Crippen molar-refractivity contribution in [3.05, 3.63) is 29.0 Å². The maximum atomic E-state index is 12.6. The fraction of sp³-hybridized carbons (Fsp3) is 0.562. The van der Waals surface area contributed by atoms with Crippen LogP contribution in [0.15, 0.2) is 18.3 Å². The highest BCUT2D eigenvalue weighted by atomic mass is 35.5. The molecule has 3 rings (SSSR count). The van der Waals surface area contributed by atoms with Crippen LogP contribution < -0.4 is 0 Å². The Labute approximate surface area is 140 Å². The molecule has 1 aromatic heterocycles. The number of likely N-dealkylation sites (tertiary alicyclic amines) is 1. The molecule has 2 saturated heterocycles. The molecule has 124 valence electrons. The summed E-state index contributed by atoms with van der Waals surface area (Å²) < 4.78 is 5.29. The van der Waals surface area contributed by atoms with E-state index in [4.69, 9.17) is 16.3 Å². The smallest absolute Gasteiger partial charge is 0.255 e. The number of carbonyl (C=O) groups is 2. The number of halogens is 1. The van der Waals surface area contributed by atoms with Gasteiger partial charge in [-0.15, -0.1) is 0 Å². The zero-order valence-electron chi connectivity index (χ0n) is 12.9. The zero-order valence-corrected chi connectivity index (χ0v) is 13.7. The van der Waals surface area contributed by atoms with Crippen LogP contribution in [0.5, 0.6) is 0 Å². The Morgan fingerprint density at radius 2 is 1.96 bits per heavy atom. The summed E-state index contributed by atoms with van der Waals surface area (Å²) in [5.74, 6) is -0.0697. The predicted octanol–water partition coefficient (Wildman–Crippen LogP) is 1.45. The van der Waals surface area contributed by atoms with E-state index in [1.54, 1.807) is 17.0 Å². The van der Waals surface area contributed by atoms with E-state index in [1.165, 1.54) is 6.20 Å². The van der Waals surface area contributed by atoms with Crippen LogP contribution in [0.4, 0.5) is 0 Å². The lowest BCUT2D eigenvalue weighted by molar-refractivity contribution is -0.141. The molecule has 0 aliphatic carbocycles. The summed E-state index contributed by atoms with van der Waals surface area (Å²) in [6, 6.07) is 3.28. The van der Waals surface area contributed by atoms with Gasteiger partial charge < -0.3 is 14.5 Å². The van der Waals surface area contributed by atoms with E-state index in [0.29, 0.717) is 50.1 Å². The molecule has 1 unspecified atom stereocenters. The van der Waals surface area contributed by atoms with Gasteiger partial charge in [-0.3, -0.25) is 9.59 Å². The normalized spacial score (nSPS) is 22.0. The number of pyridine rings is 1. The molecule has 23 heavy (non-hydrogen) atoms. The number of hydrogen-bond acceptors (Lipinski definition) is 4. The first-order valence-corrected chi connectivity index (χ1v) is 8.30. The van der Waals surface area contributed by atoms with E-state index in [2.05, 4.69) is 4.98 Å². The molecular formula is C16H20ClN3O3. The van der Waals surface area contributed by atoms with Crippen molar-refractivity contribution in [2.45, 2.75) is 12.8 Å². The molecule has 2 aliphatic rings. The van der Waals surface area contributed by atoms with Gasteiger partial charge in [0.1, 0.15) is 5.15 Å². The van der Waals surface area contributed by atoms with E-state index < -0.39 is 0 Å². The second-order valence-corrected chi connectivity index (χ2v) is 6.28. The van der Waals surface area contributed by atoms with Gasteiger partial charge >= 0.3 is 0 Å². The first-order valence-electron chi connectivity index (χ1n) is 7.92. The van der Waals surface area contributed by atoms with Crippen molar-refractivity contribution in [3.8, 4) is 0 Å². The van der Waals surface area contributed by atoms with Crippen LogP contribution in [0.25, 0.3) is 0 Å². The molecule has 0 N–H and O–H groups in total. The third-order valence-electron chi connectivity index (χ3n) is 4.35. The van der Waals surface area contributed by atoms with Gasteiger partial charge in [-0.1, -0.05) is 11.6 Å². The second-order valence-electron chi connectivity index (χ2n) is 5.90. The quantitative estimate of drug-likeness (QED) is 0.766. The fourth-order valence-corrected chi connectivity index (χ4v) is 3.20. The van der Waals surface area contributed by atoms with Gasteiger partial charge in [-0.25, -0.2) is 4.98 Å². The summed E-state index contributed by atoms with van der Waals surface area (Å²) in [5.41, 5.74) is 0.508. The number of carbonyl (C=O) groups excluding carboxylic acids is 2. The summed E-state index contributed by atoms with van der Waals surface area (Å²) in [4.78, 5) is 32.7. The van der Waals surface area contributed by atoms with E-state index in [9.17, 15) is 9.59 Å². The SMILES string of the molecule is O=C(c1ccc(Cl)nc1)N1CCCC(C(=O)N2CCOCC2)C1. The maximum Gasteiger partial charge on any atom is 0.255 e. The van der Waals surface area contributed by atoms with Crippen LogP contribution in [-0.2, 0) is 9.53 Å². The number of ether oxygens (including phenoxy) is 1. The maximum absolute atomic E-state index is 12.6. The number of nitrogens with zero attached hydrogens (tertiary/aromatic N) is 3. The van der Waals surface area contributed by atoms with Crippen LogP contribution in [0.1, 0.15) is 23.2 Å². The molecule has 0 spiro atoms. The molecule has 1 aromatic rings. The van der Waals surface area contributed by atoms with E-state index >= 15 is 0 Å². The lowest BCUT2D eigenvalue weighted by Crippen LogP contribution is -2.49. The molecule has 1 atom stereocenters. The number of aromatic nitrogens is 1. The molecule has 0 bridgehead atoms. The Morgan fingerprint density at radius 1 is 1.17 bits per heavy atom. The Balaban J connectivity index is 1.64. The molecule has 0 aromatic carbocycles. The van der Waals surface area contributed by atoms with E-state index in [1.807, 2.05) is 4.90 Å². The zero-order chi connectivity index (χ0) is 16.2.